The summed E-state index contributed by atoms with van der Waals surface area (Å²) < 4.78 is 15.9. The molecule has 0 aromatic rings. The van der Waals surface area contributed by atoms with Crippen molar-refractivity contribution < 1.29 is 24.4 Å². The van der Waals surface area contributed by atoms with Gasteiger partial charge in [-0.05, 0) is 13.8 Å². The molecule has 2 N–H and O–H groups in total. The molecule has 5 heteroatoms. The maximum atomic E-state index is 9.39. The van der Waals surface area contributed by atoms with Gasteiger partial charge in [-0.3, -0.25) is 0 Å². The lowest BCUT2D eigenvalue weighted by Crippen LogP contribution is -2.31. The van der Waals surface area contributed by atoms with Crippen LogP contribution in [0.3, 0.4) is 0 Å². The minimum Gasteiger partial charge on any atom is -0.394 e. The molecule has 4 atom stereocenters. The molecule has 5 nitrogen and oxygen atoms in total. The fourth-order valence-electron chi connectivity index (χ4n) is 1.81. The molecule has 0 aliphatic carbocycles. The van der Waals surface area contributed by atoms with Crippen LogP contribution >= 0.6 is 0 Å². The van der Waals surface area contributed by atoms with Gasteiger partial charge >= 0.3 is 0 Å². The first-order valence-corrected chi connectivity index (χ1v) is 4.33. The molecule has 0 saturated carbocycles. The van der Waals surface area contributed by atoms with Crippen LogP contribution in [0.4, 0.5) is 0 Å². The Morgan fingerprint density at radius 3 is 2.46 bits per heavy atom. The van der Waals surface area contributed by atoms with E-state index in [9.17, 15) is 5.11 Å². The summed E-state index contributed by atoms with van der Waals surface area (Å²) in [5.74, 6) is -0.701. The topological polar surface area (TPSA) is 68.2 Å². The summed E-state index contributed by atoms with van der Waals surface area (Å²) in [5.41, 5.74) is 0. The smallest absolute Gasteiger partial charge is 0.184 e. The molecule has 0 radical (unpaired) electrons. The SMILES string of the molecule is CC1(C)OC2C(O)O[C@H](CO)[C@H]2O1. The van der Waals surface area contributed by atoms with Crippen LogP contribution in [0.2, 0.25) is 0 Å². The Kier molecular flexibility index (Phi) is 2.08. The molecule has 0 amide bonds. The van der Waals surface area contributed by atoms with Crippen molar-refractivity contribution in [3.05, 3.63) is 0 Å². The zero-order chi connectivity index (χ0) is 9.64. The first-order chi connectivity index (χ1) is 6.03. The van der Waals surface area contributed by atoms with Crippen LogP contribution in [0.25, 0.3) is 0 Å². The normalized spacial score (nSPS) is 48.0. The number of aliphatic hydroxyl groups excluding tert-OH is 2. The lowest BCUT2D eigenvalue weighted by atomic mass is 10.1. The lowest BCUT2D eigenvalue weighted by Gasteiger charge is -2.21. The molecule has 76 valence electrons. The molecule has 2 aliphatic rings. The highest BCUT2D eigenvalue weighted by molar-refractivity contribution is 4.94. The molecular formula is C8H14O5. The Balaban J connectivity index is 2.12. The van der Waals surface area contributed by atoms with Crippen LogP contribution in [-0.4, -0.2) is 47.2 Å². The van der Waals surface area contributed by atoms with Gasteiger partial charge in [-0.2, -0.15) is 0 Å². The summed E-state index contributed by atoms with van der Waals surface area (Å²) in [4.78, 5) is 0. The molecule has 2 rings (SSSR count). The summed E-state index contributed by atoms with van der Waals surface area (Å²) in [5, 5.41) is 18.3. The zero-order valence-electron chi connectivity index (χ0n) is 7.64. The largest absolute Gasteiger partial charge is 0.394 e. The number of fused-ring (bicyclic) bond motifs is 1. The molecule has 2 unspecified atom stereocenters. The molecule has 0 aromatic heterocycles. The molecule has 2 heterocycles. The zero-order valence-corrected chi connectivity index (χ0v) is 7.64. The van der Waals surface area contributed by atoms with Crippen molar-refractivity contribution in [2.45, 2.75) is 44.2 Å². The lowest BCUT2D eigenvalue weighted by molar-refractivity contribution is -0.223. The average molecular weight is 190 g/mol. The maximum absolute atomic E-state index is 9.39. The van der Waals surface area contributed by atoms with E-state index in [1.807, 2.05) is 0 Å². The van der Waals surface area contributed by atoms with Crippen molar-refractivity contribution in [3.63, 3.8) is 0 Å². The summed E-state index contributed by atoms with van der Waals surface area (Å²) in [7, 11) is 0. The van der Waals surface area contributed by atoms with Gasteiger partial charge in [-0.25, -0.2) is 0 Å². The maximum Gasteiger partial charge on any atom is 0.184 e. The number of ether oxygens (including phenoxy) is 3. The summed E-state index contributed by atoms with van der Waals surface area (Å²) in [6, 6.07) is 0. The van der Waals surface area contributed by atoms with Gasteiger partial charge < -0.3 is 24.4 Å². The average Bonchev–Trinajstić information content (AvgIpc) is 2.47. The van der Waals surface area contributed by atoms with Gasteiger partial charge in [0, 0.05) is 0 Å². The highest BCUT2D eigenvalue weighted by Gasteiger charge is 2.54. The van der Waals surface area contributed by atoms with E-state index in [1.54, 1.807) is 13.8 Å². The second-order valence-corrected chi connectivity index (χ2v) is 3.81. The van der Waals surface area contributed by atoms with Crippen molar-refractivity contribution in [2.24, 2.45) is 0 Å². The van der Waals surface area contributed by atoms with Crippen LogP contribution < -0.4 is 0 Å². The van der Waals surface area contributed by atoms with Gasteiger partial charge in [0.2, 0.25) is 0 Å². The third-order valence-corrected chi connectivity index (χ3v) is 2.31. The summed E-state index contributed by atoms with van der Waals surface area (Å²) >= 11 is 0. The summed E-state index contributed by atoms with van der Waals surface area (Å²) in [6.07, 6.45) is -2.33. The van der Waals surface area contributed by atoms with Crippen LogP contribution in [0, 0.1) is 0 Å². The fourth-order valence-corrected chi connectivity index (χ4v) is 1.81. The monoisotopic (exact) mass is 190 g/mol. The number of aliphatic hydroxyl groups is 2. The third-order valence-electron chi connectivity index (χ3n) is 2.31. The Morgan fingerprint density at radius 2 is 1.85 bits per heavy atom. The van der Waals surface area contributed by atoms with Gasteiger partial charge in [0.05, 0.1) is 6.61 Å². The van der Waals surface area contributed by atoms with E-state index < -0.39 is 24.3 Å². The second-order valence-electron chi connectivity index (χ2n) is 3.81. The van der Waals surface area contributed by atoms with E-state index in [1.165, 1.54) is 0 Å². The minimum absolute atomic E-state index is 0.169. The first kappa shape index (κ1) is 9.36. The first-order valence-electron chi connectivity index (χ1n) is 4.33. The Bertz CT molecular complexity index is 205. The third kappa shape index (κ3) is 1.47. The van der Waals surface area contributed by atoms with Crippen molar-refractivity contribution in [2.75, 3.05) is 6.61 Å². The van der Waals surface area contributed by atoms with Crippen LogP contribution in [-0.2, 0) is 14.2 Å². The van der Waals surface area contributed by atoms with E-state index in [2.05, 4.69) is 0 Å². The number of hydrogen-bond donors (Lipinski definition) is 2. The molecule has 2 fully saturated rings. The van der Waals surface area contributed by atoms with Crippen LogP contribution in [0.1, 0.15) is 13.8 Å². The molecule has 13 heavy (non-hydrogen) atoms. The molecule has 0 aromatic carbocycles. The number of hydrogen-bond acceptors (Lipinski definition) is 5. The van der Waals surface area contributed by atoms with Gasteiger partial charge in [0.1, 0.15) is 18.3 Å². The molecule has 2 aliphatic heterocycles. The van der Waals surface area contributed by atoms with E-state index in [0.29, 0.717) is 0 Å². The van der Waals surface area contributed by atoms with Gasteiger partial charge in [0.15, 0.2) is 12.1 Å². The van der Waals surface area contributed by atoms with E-state index in [4.69, 9.17) is 19.3 Å². The molecule has 0 spiro atoms. The van der Waals surface area contributed by atoms with Gasteiger partial charge in [-0.1, -0.05) is 0 Å². The fraction of sp³-hybridized carbons (Fsp3) is 1.00. The van der Waals surface area contributed by atoms with Crippen molar-refractivity contribution >= 4 is 0 Å². The van der Waals surface area contributed by atoms with Gasteiger partial charge in [-0.15, -0.1) is 0 Å². The van der Waals surface area contributed by atoms with Crippen molar-refractivity contribution in [1.29, 1.82) is 0 Å². The second kappa shape index (κ2) is 2.90. The molecular weight excluding hydrogens is 176 g/mol. The predicted molar refractivity (Wildman–Crippen MR) is 41.8 cm³/mol. The molecule has 2 saturated heterocycles. The Labute approximate surface area is 76.2 Å². The van der Waals surface area contributed by atoms with Gasteiger partial charge in [0.25, 0.3) is 0 Å². The summed E-state index contributed by atoms with van der Waals surface area (Å²) in [6.45, 7) is 3.37. The Morgan fingerprint density at radius 1 is 1.23 bits per heavy atom. The molecule has 0 bridgehead atoms. The van der Waals surface area contributed by atoms with E-state index >= 15 is 0 Å². The Hall–Kier alpha value is -0.200. The van der Waals surface area contributed by atoms with Crippen LogP contribution in [0.5, 0.6) is 0 Å². The van der Waals surface area contributed by atoms with E-state index in [-0.39, 0.29) is 12.7 Å². The predicted octanol–water partition coefficient (Wildman–Crippen LogP) is -0.784. The highest BCUT2D eigenvalue weighted by Crippen LogP contribution is 2.37. The van der Waals surface area contributed by atoms with Crippen molar-refractivity contribution in [1.82, 2.24) is 0 Å². The van der Waals surface area contributed by atoms with Crippen molar-refractivity contribution in [3.8, 4) is 0 Å². The highest BCUT2D eigenvalue weighted by atomic mass is 16.8. The van der Waals surface area contributed by atoms with Crippen LogP contribution in [0.15, 0.2) is 0 Å². The quantitative estimate of drug-likeness (QED) is 0.567. The van der Waals surface area contributed by atoms with E-state index in [0.717, 1.165) is 0 Å². The standard InChI is InChI=1S/C8H14O5/c1-8(2)12-5-4(3-9)11-7(10)6(5)13-8/h4-7,9-10H,3H2,1-2H3/t4-,5-,6?,7?/m1/s1. The number of rotatable bonds is 1. The minimum atomic E-state index is -0.996.